The van der Waals surface area contributed by atoms with Gasteiger partial charge in [0.1, 0.15) is 5.69 Å². The van der Waals surface area contributed by atoms with Gasteiger partial charge in [-0.05, 0) is 43.9 Å². The van der Waals surface area contributed by atoms with Crippen molar-refractivity contribution in [1.82, 2.24) is 15.1 Å². The highest BCUT2D eigenvalue weighted by Crippen LogP contribution is 2.49. The summed E-state index contributed by atoms with van der Waals surface area (Å²) in [7, 11) is 1.35. The summed E-state index contributed by atoms with van der Waals surface area (Å²) in [5.41, 5.74) is -1.09. The van der Waals surface area contributed by atoms with E-state index < -0.39 is 17.8 Å². The zero-order chi connectivity index (χ0) is 16.1. The number of nitrogens with one attached hydrogen (secondary N) is 1. The van der Waals surface area contributed by atoms with Gasteiger partial charge >= 0.3 is 6.18 Å². The molecule has 4 nitrogen and oxygen atoms in total. The molecule has 0 saturated heterocycles. The van der Waals surface area contributed by atoms with Crippen LogP contribution >= 0.6 is 0 Å². The molecule has 2 aliphatic rings. The van der Waals surface area contributed by atoms with Gasteiger partial charge in [-0.2, -0.15) is 18.3 Å². The van der Waals surface area contributed by atoms with Crippen LogP contribution in [-0.2, 0) is 13.2 Å². The number of nitrogens with zero attached hydrogens (tertiary/aromatic N) is 2. The van der Waals surface area contributed by atoms with Gasteiger partial charge in [0.05, 0.1) is 0 Å². The summed E-state index contributed by atoms with van der Waals surface area (Å²) in [5.74, 6) is 1.37. The van der Waals surface area contributed by atoms with E-state index in [1.807, 2.05) is 6.92 Å². The quantitative estimate of drug-likeness (QED) is 0.932. The highest BCUT2D eigenvalue weighted by atomic mass is 19.4. The van der Waals surface area contributed by atoms with Crippen molar-refractivity contribution < 1.29 is 18.0 Å². The van der Waals surface area contributed by atoms with Gasteiger partial charge in [-0.25, -0.2) is 0 Å². The van der Waals surface area contributed by atoms with E-state index in [0.29, 0.717) is 11.8 Å². The minimum atomic E-state index is -4.54. The standard InChI is InChI=1S/C15H20F3N3O/c1-8(11-6-9-3-4-10(11)5-9)19-14(22)12-7-13(15(16,17)18)20-21(12)2/h7-11H,3-6H2,1-2H3,(H,19,22)/t8-,9+,10+,11-/m1/s1. The Morgan fingerprint density at radius 2 is 2.14 bits per heavy atom. The fourth-order valence-corrected chi connectivity index (χ4v) is 4.11. The Morgan fingerprint density at radius 3 is 2.64 bits per heavy atom. The van der Waals surface area contributed by atoms with Crippen molar-refractivity contribution in [2.75, 3.05) is 0 Å². The maximum absolute atomic E-state index is 12.6. The molecule has 0 radical (unpaired) electrons. The van der Waals surface area contributed by atoms with E-state index >= 15 is 0 Å². The third kappa shape index (κ3) is 2.73. The molecule has 7 heteroatoms. The molecule has 3 rings (SSSR count). The minimum absolute atomic E-state index is 0.0213. The fourth-order valence-electron chi connectivity index (χ4n) is 4.11. The number of alkyl halides is 3. The van der Waals surface area contributed by atoms with E-state index in [1.165, 1.54) is 26.3 Å². The number of halogens is 3. The second-order valence-corrected chi connectivity index (χ2v) is 6.64. The maximum atomic E-state index is 12.6. The van der Waals surface area contributed by atoms with Gasteiger partial charge in [0.15, 0.2) is 5.69 Å². The molecule has 2 bridgehead atoms. The molecule has 122 valence electrons. The van der Waals surface area contributed by atoms with Crippen LogP contribution in [0.1, 0.15) is 48.8 Å². The molecule has 1 heterocycles. The summed E-state index contributed by atoms with van der Waals surface area (Å²) in [6.07, 6.45) is 0.296. The van der Waals surface area contributed by atoms with E-state index in [2.05, 4.69) is 10.4 Å². The van der Waals surface area contributed by atoms with Crippen molar-refractivity contribution in [3.63, 3.8) is 0 Å². The summed E-state index contributed by atoms with van der Waals surface area (Å²) in [6.45, 7) is 1.95. The smallest absolute Gasteiger partial charge is 0.348 e. The molecule has 0 unspecified atom stereocenters. The monoisotopic (exact) mass is 315 g/mol. The zero-order valence-electron chi connectivity index (χ0n) is 12.7. The lowest BCUT2D eigenvalue weighted by Gasteiger charge is -2.28. The average molecular weight is 315 g/mol. The summed E-state index contributed by atoms with van der Waals surface area (Å²) in [6, 6.07) is 0.787. The molecule has 0 aromatic carbocycles. The predicted octanol–water partition coefficient (Wildman–Crippen LogP) is 2.99. The third-order valence-electron chi connectivity index (χ3n) is 5.20. The van der Waals surface area contributed by atoms with Gasteiger partial charge in [0.2, 0.25) is 0 Å². The van der Waals surface area contributed by atoms with Crippen LogP contribution in [0, 0.1) is 17.8 Å². The number of rotatable bonds is 3. The Hall–Kier alpha value is -1.53. The van der Waals surface area contributed by atoms with Crippen molar-refractivity contribution in [3.05, 3.63) is 17.5 Å². The summed E-state index contributed by atoms with van der Waals surface area (Å²) < 4.78 is 38.9. The second kappa shape index (κ2) is 5.28. The first-order valence-corrected chi connectivity index (χ1v) is 7.68. The number of hydrogen-bond acceptors (Lipinski definition) is 2. The maximum Gasteiger partial charge on any atom is 0.435 e. The molecule has 2 saturated carbocycles. The van der Waals surface area contributed by atoms with Crippen LogP contribution in [0.25, 0.3) is 0 Å². The lowest BCUT2D eigenvalue weighted by molar-refractivity contribution is -0.141. The van der Waals surface area contributed by atoms with E-state index in [1.54, 1.807) is 0 Å². The summed E-state index contributed by atoms with van der Waals surface area (Å²) in [4.78, 5) is 12.2. The number of amides is 1. The van der Waals surface area contributed by atoms with Gasteiger partial charge < -0.3 is 5.32 Å². The van der Waals surface area contributed by atoms with Crippen molar-refractivity contribution in [1.29, 1.82) is 0 Å². The SMILES string of the molecule is C[C@@H](NC(=O)c1cc(C(F)(F)F)nn1C)[C@H]1C[C@H]2CC[C@H]1C2. The number of fused-ring (bicyclic) bond motifs is 2. The van der Waals surface area contributed by atoms with E-state index in [-0.39, 0.29) is 11.7 Å². The highest BCUT2D eigenvalue weighted by molar-refractivity contribution is 5.92. The molecule has 4 atom stereocenters. The Labute approximate surface area is 127 Å². The summed E-state index contributed by atoms with van der Waals surface area (Å²) >= 11 is 0. The molecule has 1 amide bonds. The topological polar surface area (TPSA) is 46.9 Å². The molecule has 22 heavy (non-hydrogen) atoms. The first-order chi connectivity index (χ1) is 10.3. The van der Waals surface area contributed by atoms with Crippen LogP contribution in [-0.4, -0.2) is 21.7 Å². The molecular formula is C15H20F3N3O. The first-order valence-electron chi connectivity index (χ1n) is 7.68. The Morgan fingerprint density at radius 1 is 1.41 bits per heavy atom. The van der Waals surface area contributed by atoms with Gasteiger partial charge in [0, 0.05) is 19.2 Å². The van der Waals surface area contributed by atoms with Gasteiger partial charge in [-0.1, -0.05) is 6.42 Å². The fraction of sp³-hybridized carbons (Fsp3) is 0.733. The Kier molecular flexibility index (Phi) is 3.69. The molecule has 1 N–H and O–H groups in total. The molecule has 2 aliphatic carbocycles. The van der Waals surface area contributed by atoms with E-state index in [4.69, 9.17) is 0 Å². The Bertz CT molecular complexity index is 581. The van der Waals surface area contributed by atoms with Gasteiger partial charge in [-0.15, -0.1) is 0 Å². The number of aryl methyl sites for hydroxylation is 1. The van der Waals surface area contributed by atoms with Crippen LogP contribution in [0.4, 0.5) is 13.2 Å². The number of carbonyl (C=O) groups excluding carboxylic acids is 1. The molecule has 1 aromatic rings. The van der Waals surface area contributed by atoms with Crippen LogP contribution in [0.2, 0.25) is 0 Å². The largest absolute Gasteiger partial charge is 0.435 e. The Balaban J connectivity index is 1.68. The van der Waals surface area contributed by atoms with Gasteiger partial charge in [0.25, 0.3) is 5.91 Å². The zero-order valence-corrected chi connectivity index (χ0v) is 12.7. The number of hydrogen-bond donors (Lipinski definition) is 1. The van der Waals surface area contributed by atoms with Crippen molar-refractivity contribution in [2.24, 2.45) is 24.8 Å². The van der Waals surface area contributed by atoms with Crippen molar-refractivity contribution in [3.8, 4) is 0 Å². The van der Waals surface area contributed by atoms with Crippen LogP contribution in [0.15, 0.2) is 6.07 Å². The second-order valence-electron chi connectivity index (χ2n) is 6.64. The number of aromatic nitrogens is 2. The molecule has 1 aromatic heterocycles. The highest BCUT2D eigenvalue weighted by Gasteiger charge is 2.42. The molecule has 0 aliphatic heterocycles. The summed E-state index contributed by atoms with van der Waals surface area (Å²) in [5, 5.41) is 6.24. The van der Waals surface area contributed by atoms with Crippen LogP contribution in [0.3, 0.4) is 0 Å². The molecular weight excluding hydrogens is 295 g/mol. The van der Waals surface area contributed by atoms with Crippen LogP contribution in [0.5, 0.6) is 0 Å². The van der Waals surface area contributed by atoms with Crippen LogP contribution < -0.4 is 5.32 Å². The molecule has 0 spiro atoms. The average Bonchev–Trinajstić information content (AvgIpc) is 3.11. The minimum Gasteiger partial charge on any atom is -0.348 e. The predicted molar refractivity (Wildman–Crippen MR) is 74.1 cm³/mol. The van der Waals surface area contributed by atoms with E-state index in [0.717, 1.165) is 23.1 Å². The number of carbonyl (C=O) groups is 1. The van der Waals surface area contributed by atoms with Crippen molar-refractivity contribution >= 4 is 5.91 Å². The normalized spacial score (nSPS) is 28.9. The lowest BCUT2D eigenvalue weighted by atomic mass is 9.84. The lowest BCUT2D eigenvalue weighted by Crippen LogP contribution is -2.40. The van der Waals surface area contributed by atoms with E-state index in [9.17, 15) is 18.0 Å². The van der Waals surface area contributed by atoms with Gasteiger partial charge in [-0.3, -0.25) is 9.48 Å². The first kappa shape index (κ1) is 15.4. The molecule has 2 fully saturated rings. The third-order valence-corrected chi connectivity index (χ3v) is 5.20. The van der Waals surface area contributed by atoms with Crippen molar-refractivity contribution in [2.45, 2.75) is 44.8 Å².